The minimum Gasteiger partial charge on any atom is -0.486 e. The Morgan fingerprint density at radius 1 is 1.07 bits per heavy atom. The number of carbonyl (C=O) groups is 2. The standard InChI is InChI=1S/C24H29N3O3/c1-3-19-16-27(21-10-6-7-11-22(21)30-19)24(29)26-14-12-18(13-15-26)23(28)25-20-9-5-4-8-17(20)2/h4-11,18-19H,3,12-16H2,1-2H3,(H,25,28)/t19-/m1/s1. The smallest absolute Gasteiger partial charge is 0.324 e. The van der Waals surface area contributed by atoms with Gasteiger partial charge in [0.1, 0.15) is 11.9 Å². The summed E-state index contributed by atoms with van der Waals surface area (Å²) < 4.78 is 6.00. The molecule has 0 spiro atoms. The molecule has 1 saturated heterocycles. The maximum absolute atomic E-state index is 13.3. The lowest BCUT2D eigenvalue weighted by Gasteiger charge is -2.39. The summed E-state index contributed by atoms with van der Waals surface area (Å²) in [7, 11) is 0. The average molecular weight is 408 g/mol. The number of carbonyl (C=O) groups excluding carboxylic acids is 2. The van der Waals surface area contributed by atoms with E-state index in [1.165, 1.54) is 0 Å². The molecule has 2 aromatic rings. The zero-order chi connectivity index (χ0) is 21.1. The van der Waals surface area contributed by atoms with Crippen molar-refractivity contribution in [3.63, 3.8) is 0 Å². The van der Waals surface area contributed by atoms with Crippen molar-refractivity contribution in [2.75, 3.05) is 29.9 Å². The van der Waals surface area contributed by atoms with Crippen LogP contribution in [0.5, 0.6) is 5.75 Å². The number of likely N-dealkylation sites (tertiary alicyclic amines) is 1. The number of anilines is 2. The SMILES string of the molecule is CC[C@@H]1CN(C(=O)N2CCC(C(=O)Nc3ccccc3C)CC2)c2ccccc2O1. The molecule has 6 nitrogen and oxygen atoms in total. The molecule has 0 aliphatic carbocycles. The molecule has 2 heterocycles. The van der Waals surface area contributed by atoms with Gasteiger partial charge in [-0.05, 0) is 49.9 Å². The van der Waals surface area contributed by atoms with Crippen LogP contribution in [0.4, 0.5) is 16.2 Å². The van der Waals surface area contributed by atoms with E-state index < -0.39 is 0 Å². The van der Waals surface area contributed by atoms with Crippen LogP contribution in [0.2, 0.25) is 0 Å². The number of rotatable bonds is 3. The first kappa shape index (κ1) is 20.3. The van der Waals surface area contributed by atoms with Crippen LogP contribution in [0.15, 0.2) is 48.5 Å². The molecule has 2 aromatic carbocycles. The third-order valence-corrected chi connectivity index (χ3v) is 6.06. The zero-order valence-electron chi connectivity index (χ0n) is 17.6. The topological polar surface area (TPSA) is 61.9 Å². The van der Waals surface area contributed by atoms with Crippen LogP contribution in [0.3, 0.4) is 0 Å². The van der Waals surface area contributed by atoms with E-state index in [1.807, 2.05) is 65.3 Å². The predicted octanol–water partition coefficient (Wildman–Crippen LogP) is 4.44. The van der Waals surface area contributed by atoms with E-state index in [-0.39, 0.29) is 24.0 Å². The van der Waals surface area contributed by atoms with Crippen molar-refractivity contribution in [3.05, 3.63) is 54.1 Å². The largest absolute Gasteiger partial charge is 0.486 e. The van der Waals surface area contributed by atoms with Crippen molar-refractivity contribution in [1.29, 1.82) is 0 Å². The molecule has 3 amide bonds. The van der Waals surface area contributed by atoms with E-state index in [0.29, 0.717) is 32.5 Å². The monoisotopic (exact) mass is 407 g/mol. The van der Waals surface area contributed by atoms with Crippen LogP contribution >= 0.6 is 0 Å². The molecule has 0 bridgehead atoms. The second-order valence-corrected chi connectivity index (χ2v) is 8.07. The van der Waals surface area contributed by atoms with Gasteiger partial charge in [0, 0.05) is 24.7 Å². The summed E-state index contributed by atoms with van der Waals surface area (Å²) in [6.07, 6.45) is 2.19. The maximum atomic E-state index is 13.3. The summed E-state index contributed by atoms with van der Waals surface area (Å²) in [5.41, 5.74) is 2.73. The summed E-state index contributed by atoms with van der Waals surface area (Å²) in [5.74, 6) is 0.727. The van der Waals surface area contributed by atoms with Crippen LogP contribution in [0.25, 0.3) is 0 Å². The van der Waals surface area contributed by atoms with Crippen molar-refractivity contribution in [2.24, 2.45) is 5.92 Å². The van der Waals surface area contributed by atoms with E-state index >= 15 is 0 Å². The molecule has 1 fully saturated rings. The molecule has 2 aliphatic heterocycles. The molecule has 0 radical (unpaired) electrons. The fraction of sp³-hybridized carbons (Fsp3) is 0.417. The lowest BCUT2D eigenvalue weighted by Crippen LogP contribution is -2.52. The first-order chi connectivity index (χ1) is 14.6. The van der Waals surface area contributed by atoms with Gasteiger partial charge in [-0.25, -0.2) is 4.79 Å². The minimum atomic E-state index is -0.0750. The Balaban J connectivity index is 1.39. The van der Waals surface area contributed by atoms with Crippen LogP contribution < -0.4 is 15.0 Å². The number of urea groups is 1. The second-order valence-electron chi connectivity index (χ2n) is 8.07. The average Bonchev–Trinajstić information content (AvgIpc) is 2.79. The number of ether oxygens (including phenoxy) is 1. The number of nitrogens with one attached hydrogen (secondary N) is 1. The van der Waals surface area contributed by atoms with Gasteiger partial charge in [-0.1, -0.05) is 37.3 Å². The lowest BCUT2D eigenvalue weighted by atomic mass is 9.95. The molecular formula is C24H29N3O3. The van der Waals surface area contributed by atoms with E-state index in [4.69, 9.17) is 4.74 Å². The van der Waals surface area contributed by atoms with Gasteiger partial charge in [-0.15, -0.1) is 0 Å². The number of fused-ring (bicyclic) bond motifs is 1. The number of hydrogen-bond acceptors (Lipinski definition) is 3. The van der Waals surface area contributed by atoms with E-state index in [2.05, 4.69) is 12.2 Å². The van der Waals surface area contributed by atoms with Gasteiger partial charge >= 0.3 is 6.03 Å². The molecule has 1 atom stereocenters. The number of hydrogen-bond donors (Lipinski definition) is 1. The van der Waals surface area contributed by atoms with Crippen molar-refractivity contribution >= 4 is 23.3 Å². The zero-order valence-corrected chi connectivity index (χ0v) is 17.6. The van der Waals surface area contributed by atoms with Crippen molar-refractivity contribution in [2.45, 2.75) is 39.2 Å². The fourth-order valence-corrected chi connectivity index (χ4v) is 4.14. The Morgan fingerprint density at radius 2 is 1.77 bits per heavy atom. The van der Waals surface area contributed by atoms with Gasteiger partial charge in [0.15, 0.2) is 0 Å². The molecule has 6 heteroatoms. The quantitative estimate of drug-likeness (QED) is 0.818. The second kappa shape index (κ2) is 8.78. The van der Waals surface area contributed by atoms with Gasteiger partial charge in [-0.2, -0.15) is 0 Å². The summed E-state index contributed by atoms with van der Waals surface area (Å²) in [5, 5.41) is 3.04. The molecule has 30 heavy (non-hydrogen) atoms. The van der Waals surface area contributed by atoms with Crippen LogP contribution in [0.1, 0.15) is 31.7 Å². The molecule has 0 aromatic heterocycles. The number of benzene rings is 2. The van der Waals surface area contributed by atoms with Crippen molar-refractivity contribution in [1.82, 2.24) is 4.90 Å². The number of piperidine rings is 1. The molecule has 1 N–H and O–H groups in total. The van der Waals surface area contributed by atoms with Crippen LogP contribution in [0, 0.1) is 12.8 Å². The number of amides is 3. The summed E-state index contributed by atoms with van der Waals surface area (Å²) >= 11 is 0. The maximum Gasteiger partial charge on any atom is 0.324 e. The first-order valence-corrected chi connectivity index (χ1v) is 10.8. The molecule has 4 rings (SSSR count). The summed E-state index contributed by atoms with van der Waals surface area (Å²) in [4.78, 5) is 29.7. The highest BCUT2D eigenvalue weighted by Crippen LogP contribution is 2.35. The highest BCUT2D eigenvalue weighted by Gasteiger charge is 2.34. The predicted molar refractivity (Wildman–Crippen MR) is 118 cm³/mol. The Hall–Kier alpha value is -3.02. The van der Waals surface area contributed by atoms with Gasteiger partial charge in [0.25, 0.3) is 0 Å². The summed E-state index contributed by atoms with van der Waals surface area (Å²) in [6.45, 7) is 5.78. The van der Waals surface area contributed by atoms with Crippen molar-refractivity contribution < 1.29 is 14.3 Å². The number of nitrogens with zero attached hydrogens (tertiary/aromatic N) is 2. The highest BCUT2D eigenvalue weighted by atomic mass is 16.5. The Labute approximate surface area is 177 Å². The van der Waals surface area contributed by atoms with E-state index in [1.54, 1.807) is 0 Å². The van der Waals surface area contributed by atoms with Crippen LogP contribution in [-0.2, 0) is 4.79 Å². The Morgan fingerprint density at radius 3 is 2.50 bits per heavy atom. The molecular weight excluding hydrogens is 378 g/mol. The third kappa shape index (κ3) is 4.13. The van der Waals surface area contributed by atoms with Gasteiger partial charge < -0.3 is 15.0 Å². The van der Waals surface area contributed by atoms with Gasteiger partial charge in [0.2, 0.25) is 5.91 Å². The first-order valence-electron chi connectivity index (χ1n) is 10.8. The van der Waals surface area contributed by atoms with Crippen molar-refractivity contribution in [3.8, 4) is 5.75 Å². The molecule has 158 valence electrons. The third-order valence-electron chi connectivity index (χ3n) is 6.06. The number of aryl methyl sites for hydroxylation is 1. The Bertz CT molecular complexity index is 921. The number of para-hydroxylation sites is 3. The lowest BCUT2D eigenvalue weighted by molar-refractivity contribution is -0.121. The molecule has 0 saturated carbocycles. The van der Waals surface area contributed by atoms with E-state index in [9.17, 15) is 9.59 Å². The minimum absolute atomic E-state index is 0.00118. The summed E-state index contributed by atoms with van der Waals surface area (Å²) in [6, 6.07) is 15.5. The van der Waals surface area contributed by atoms with Crippen LogP contribution in [-0.4, -0.2) is 42.6 Å². The normalized spacial score (nSPS) is 19.1. The fourth-order valence-electron chi connectivity index (χ4n) is 4.14. The van der Waals surface area contributed by atoms with Gasteiger partial charge in [-0.3, -0.25) is 9.69 Å². The Kier molecular flexibility index (Phi) is 5.93. The molecule has 0 unspecified atom stereocenters. The molecule has 2 aliphatic rings. The highest BCUT2D eigenvalue weighted by molar-refractivity contribution is 5.95. The van der Waals surface area contributed by atoms with E-state index in [0.717, 1.165) is 29.1 Å². The van der Waals surface area contributed by atoms with Gasteiger partial charge in [0.05, 0.1) is 12.2 Å².